The Kier molecular flexibility index (Phi) is 6.06. The van der Waals surface area contributed by atoms with Crippen LogP contribution in [0.4, 0.5) is 0 Å². The van der Waals surface area contributed by atoms with Crippen LogP contribution in [0.1, 0.15) is 58.3 Å². The third kappa shape index (κ3) is 3.98. The Morgan fingerprint density at radius 2 is 1.81 bits per heavy atom. The van der Waals surface area contributed by atoms with E-state index in [4.69, 9.17) is 5.73 Å². The van der Waals surface area contributed by atoms with Gasteiger partial charge in [0.05, 0.1) is 5.41 Å². The number of carbonyl (C=O) groups excluding carboxylic acids is 1. The predicted molar refractivity (Wildman–Crippen MR) is 84.7 cm³/mol. The van der Waals surface area contributed by atoms with Crippen LogP contribution in [0, 0.1) is 23.2 Å². The Balaban J connectivity index is 1.87. The van der Waals surface area contributed by atoms with E-state index in [1.165, 1.54) is 12.8 Å². The molecule has 0 aromatic rings. The molecule has 2 saturated carbocycles. The summed E-state index contributed by atoms with van der Waals surface area (Å²) in [6.07, 6.45) is 8.70. The molecule has 2 unspecified atom stereocenters. The highest BCUT2D eigenvalue weighted by Gasteiger charge is 2.40. The SMILES string of the molecule is CC1CCC(CN)(C(=O)NCC2CCCCC2CO)CC1. The molecule has 4 N–H and O–H groups in total. The van der Waals surface area contributed by atoms with E-state index in [2.05, 4.69) is 12.2 Å². The van der Waals surface area contributed by atoms with Gasteiger partial charge >= 0.3 is 0 Å². The number of hydrogen-bond donors (Lipinski definition) is 3. The van der Waals surface area contributed by atoms with Crippen molar-refractivity contribution in [1.82, 2.24) is 5.32 Å². The molecule has 122 valence electrons. The lowest BCUT2D eigenvalue weighted by Crippen LogP contribution is -2.49. The molecule has 4 nitrogen and oxygen atoms in total. The minimum absolute atomic E-state index is 0.152. The summed E-state index contributed by atoms with van der Waals surface area (Å²) in [6, 6.07) is 0. The monoisotopic (exact) mass is 296 g/mol. The zero-order chi connectivity index (χ0) is 15.3. The van der Waals surface area contributed by atoms with Crippen LogP contribution < -0.4 is 11.1 Å². The summed E-state index contributed by atoms with van der Waals surface area (Å²) in [4.78, 5) is 12.6. The summed E-state index contributed by atoms with van der Waals surface area (Å²) < 4.78 is 0. The first-order valence-electron chi connectivity index (χ1n) is 8.70. The van der Waals surface area contributed by atoms with E-state index < -0.39 is 0 Å². The Bertz CT molecular complexity index is 338. The molecule has 2 aliphatic carbocycles. The van der Waals surface area contributed by atoms with E-state index in [-0.39, 0.29) is 17.9 Å². The lowest BCUT2D eigenvalue weighted by atomic mass is 9.70. The molecule has 2 aliphatic rings. The highest BCUT2D eigenvalue weighted by Crippen LogP contribution is 2.38. The van der Waals surface area contributed by atoms with Crippen LogP contribution in [0.5, 0.6) is 0 Å². The number of amides is 1. The van der Waals surface area contributed by atoms with Crippen LogP contribution in [0.15, 0.2) is 0 Å². The number of aliphatic hydroxyl groups excluding tert-OH is 1. The normalized spacial score (nSPS) is 37.2. The molecule has 0 aromatic carbocycles. The molecule has 0 heterocycles. The second kappa shape index (κ2) is 7.59. The van der Waals surface area contributed by atoms with Gasteiger partial charge in [-0.15, -0.1) is 0 Å². The third-order valence-corrected chi connectivity index (χ3v) is 5.93. The molecule has 1 amide bonds. The summed E-state index contributed by atoms with van der Waals surface area (Å²) >= 11 is 0. The lowest BCUT2D eigenvalue weighted by Gasteiger charge is -2.38. The molecular weight excluding hydrogens is 264 g/mol. The minimum Gasteiger partial charge on any atom is -0.396 e. The van der Waals surface area contributed by atoms with Crippen LogP contribution in [0.2, 0.25) is 0 Å². The minimum atomic E-state index is -0.337. The first-order chi connectivity index (χ1) is 10.1. The summed E-state index contributed by atoms with van der Waals surface area (Å²) in [7, 11) is 0. The van der Waals surface area contributed by atoms with Gasteiger partial charge in [-0.25, -0.2) is 0 Å². The second-order valence-electron chi connectivity index (χ2n) is 7.36. The van der Waals surface area contributed by atoms with Crippen LogP contribution >= 0.6 is 0 Å². The van der Waals surface area contributed by atoms with Crippen molar-refractivity contribution in [2.24, 2.45) is 28.9 Å². The summed E-state index contributed by atoms with van der Waals surface area (Å²) in [5.41, 5.74) is 5.61. The maximum absolute atomic E-state index is 12.6. The zero-order valence-electron chi connectivity index (χ0n) is 13.4. The number of nitrogens with one attached hydrogen (secondary N) is 1. The van der Waals surface area contributed by atoms with E-state index in [1.807, 2.05) is 0 Å². The van der Waals surface area contributed by atoms with Crippen LogP contribution in [0.25, 0.3) is 0 Å². The van der Waals surface area contributed by atoms with Gasteiger partial charge in [-0.2, -0.15) is 0 Å². The van der Waals surface area contributed by atoms with E-state index >= 15 is 0 Å². The smallest absolute Gasteiger partial charge is 0.227 e. The summed E-state index contributed by atoms with van der Waals surface area (Å²) in [5.74, 6) is 1.66. The highest BCUT2D eigenvalue weighted by molar-refractivity contribution is 5.83. The topological polar surface area (TPSA) is 75.4 Å². The fourth-order valence-corrected chi connectivity index (χ4v) is 4.04. The first kappa shape index (κ1) is 16.8. The standard InChI is InChI=1S/C17H32N2O2/c1-13-6-8-17(12-18,9-7-13)16(21)19-10-14-4-2-3-5-15(14)11-20/h13-15,20H,2-12,18H2,1H3,(H,19,21). The van der Waals surface area contributed by atoms with Crippen molar-refractivity contribution >= 4 is 5.91 Å². The van der Waals surface area contributed by atoms with E-state index in [1.54, 1.807) is 0 Å². The van der Waals surface area contributed by atoms with E-state index in [0.29, 0.717) is 24.9 Å². The average molecular weight is 296 g/mol. The van der Waals surface area contributed by atoms with Gasteiger partial charge in [0.1, 0.15) is 0 Å². The number of carbonyl (C=O) groups is 1. The van der Waals surface area contributed by atoms with E-state index in [9.17, 15) is 9.90 Å². The molecule has 4 heteroatoms. The van der Waals surface area contributed by atoms with Crippen molar-refractivity contribution in [2.45, 2.75) is 58.3 Å². The Labute approximate surface area is 128 Å². The fourth-order valence-electron chi connectivity index (χ4n) is 4.04. The van der Waals surface area contributed by atoms with Crippen molar-refractivity contribution in [3.8, 4) is 0 Å². The molecule has 2 rings (SSSR count). The van der Waals surface area contributed by atoms with Crippen LogP contribution in [0.3, 0.4) is 0 Å². The van der Waals surface area contributed by atoms with E-state index in [0.717, 1.165) is 44.4 Å². The van der Waals surface area contributed by atoms with Gasteiger partial charge in [0.15, 0.2) is 0 Å². The van der Waals surface area contributed by atoms with Gasteiger partial charge in [0, 0.05) is 19.7 Å². The first-order valence-corrected chi connectivity index (χ1v) is 8.70. The van der Waals surface area contributed by atoms with Crippen molar-refractivity contribution < 1.29 is 9.90 Å². The number of nitrogens with two attached hydrogens (primary N) is 1. The highest BCUT2D eigenvalue weighted by atomic mass is 16.3. The second-order valence-corrected chi connectivity index (χ2v) is 7.36. The van der Waals surface area contributed by atoms with Gasteiger partial charge in [-0.05, 0) is 56.3 Å². The predicted octanol–water partition coefficient (Wildman–Crippen LogP) is 2.06. The number of aliphatic hydroxyl groups is 1. The Morgan fingerprint density at radius 1 is 1.19 bits per heavy atom. The van der Waals surface area contributed by atoms with Crippen molar-refractivity contribution in [1.29, 1.82) is 0 Å². The summed E-state index contributed by atoms with van der Waals surface area (Å²) in [6.45, 7) is 3.67. The Hall–Kier alpha value is -0.610. The third-order valence-electron chi connectivity index (χ3n) is 5.93. The van der Waals surface area contributed by atoms with Crippen molar-refractivity contribution in [3.05, 3.63) is 0 Å². The molecule has 0 radical (unpaired) electrons. The van der Waals surface area contributed by atoms with Crippen LogP contribution in [-0.4, -0.2) is 30.7 Å². The molecule has 0 saturated heterocycles. The molecule has 0 spiro atoms. The molecule has 2 fully saturated rings. The molecule has 21 heavy (non-hydrogen) atoms. The van der Waals surface area contributed by atoms with Gasteiger partial charge in [-0.3, -0.25) is 4.79 Å². The summed E-state index contributed by atoms with van der Waals surface area (Å²) in [5, 5.41) is 12.6. The molecule has 0 aliphatic heterocycles. The van der Waals surface area contributed by atoms with Gasteiger partial charge < -0.3 is 16.2 Å². The van der Waals surface area contributed by atoms with Crippen LogP contribution in [-0.2, 0) is 4.79 Å². The van der Waals surface area contributed by atoms with Crippen molar-refractivity contribution in [3.63, 3.8) is 0 Å². The maximum Gasteiger partial charge on any atom is 0.227 e. The molecule has 2 atom stereocenters. The lowest BCUT2D eigenvalue weighted by molar-refractivity contribution is -0.133. The van der Waals surface area contributed by atoms with Gasteiger partial charge in [0.25, 0.3) is 0 Å². The molecule has 0 aromatic heterocycles. The largest absolute Gasteiger partial charge is 0.396 e. The van der Waals surface area contributed by atoms with Crippen molar-refractivity contribution in [2.75, 3.05) is 19.7 Å². The van der Waals surface area contributed by atoms with Gasteiger partial charge in [-0.1, -0.05) is 19.8 Å². The fraction of sp³-hybridized carbons (Fsp3) is 0.941. The zero-order valence-corrected chi connectivity index (χ0v) is 13.4. The number of rotatable bonds is 5. The maximum atomic E-state index is 12.6. The molecular formula is C17H32N2O2. The van der Waals surface area contributed by atoms with Gasteiger partial charge in [0.2, 0.25) is 5.91 Å². The molecule has 0 bridgehead atoms. The number of hydrogen-bond acceptors (Lipinski definition) is 3. The Morgan fingerprint density at radius 3 is 2.38 bits per heavy atom. The quantitative estimate of drug-likeness (QED) is 0.727. The average Bonchev–Trinajstić information content (AvgIpc) is 2.54.